The molecule has 2 aliphatic rings. The Kier molecular flexibility index (Phi) is 3.33. The summed E-state index contributed by atoms with van der Waals surface area (Å²) in [7, 11) is 0. The van der Waals surface area contributed by atoms with E-state index in [1.54, 1.807) is 0 Å². The van der Waals surface area contributed by atoms with Crippen molar-refractivity contribution in [3.05, 3.63) is 0 Å². The van der Waals surface area contributed by atoms with Gasteiger partial charge in [-0.25, -0.2) is 0 Å². The predicted octanol–water partition coefficient (Wildman–Crippen LogP) is 2.63. The molecule has 2 atom stereocenters. The van der Waals surface area contributed by atoms with Crippen molar-refractivity contribution in [1.29, 1.82) is 0 Å². The van der Waals surface area contributed by atoms with Crippen LogP contribution in [-0.4, -0.2) is 30.1 Å². The molecule has 2 heteroatoms. The van der Waals surface area contributed by atoms with Crippen molar-refractivity contribution in [3.63, 3.8) is 0 Å². The molecule has 16 heavy (non-hydrogen) atoms. The largest absolute Gasteiger partial charge is 0.329 e. The van der Waals surface area contributed by atoms with E-state index in [9.17, 15) is 0 Å². The van der Waals surface area contributed by atoms with Crippen molar-refractivity contribution in [3.8, 4) is 0 Å². The summed E-state index contributed by atoms with van der Waals surface area (Å²) in [5.41, 5.74) is 7.00. The molecule has 2 unspecified atom stereocenters. The van der Waals surface area contributed by atoms with Gasteiger partial charge in [0.05, 0.1) is 0 Å². The standard InChI is InChI=1S/C14H28N2/c1-12-4-5-14(10-12,11-15)16-8-6-13(2,3)7-9-16/h12H,4-11,15H2,1-3H3. The van der Waals surface area contributed by atoms with E-state index in [0.29, 0.717) is 11.0 Å². The Bertz CT molecular complexity index is 239. The average Bonchev–Trinajstić information content (AvgIpc) is 2.61. The first-order chi connectivity index (χ1) is 7.47. The van der Waals surface area contributed by atoms with Gasteiger partial charge in [0.1, 0.15) is 0 Å². The van der Waals surface area contributed by atoms with E-state index >= 15 is 0 Å². The monoisotopic (exact) mass is 224 g/mol. The summed E-state index contributed by atoms with van der Waals surface area (Å²) < 4.78 is 0. The van der Waals surface area contributed by atoms with Gasteiger partial charge in [0.2, 0.25) is 0 Å². The van der Waals surface area contributed by atoms with Gasteiger partial charge in [0.15, 0.2) is 0 Å². The van der Waals surface area contributed by atoms with Gasteiger partial charge in [-0.1, -0.05) is 20.8 Å². The molecular weight excluding hydrogens is 196 g/mol. The molecular formula is C14H28N2. The summed E-state index contributed by atoms with van der Waals surface area (Å²) in [6.45, 7) is 10.6. The lowest BCUT2D eigenvalue weighted by molar-refractivity contribution is 0.0340. The van der Waals surface area contributed by atoms with E-state index in [0.717, 1.165) is 12.5 Å². The SMILES string of the molecule is CC1CCC(CN)(N2CCC(C)(C)CC2)C1. The number of likely N-dealkylation sites (tertiary alicyclic amines) is 1. The lowest BCUT2D eigenvalue weighted by Gasteiger charge is -2.47. The lowest BCUT2D eigenvalue weighted by atomic mass is 9.80. The maximum atomic E-state index is 6.09. The van der Waals surface area contributed by atoms with Crippen LogP contribution in [0.5, 0.6) is 0 Å². The summed E-state index contributed by atoms with van der Waals surface area (Å²) in [5.74, 6) is 0.874. The van der Waals surface area contributed by atoms with Crippen LogP contribution >= 0.6 is 0 Å². The molecule has 1 aliphatic heterocycles. The van der Waals surface area contributed by atoms with Gasteiger partial charge < -0.3 is 5.73 Å². The van der Waals surface area contributed by atoms with Crippen molar-refractivity contribution in [2.24, 2.45) is 17.1 Å². The smallest absolute Gasteiger partial charge is 0.0334 e. The van der Waals surface area contributed by atoms with E-state index in [1.165, 1.54) is 45.2 Å². The molecule has 0 aromatic heterocycles. The van der Waals surface area contributed by atoms with Crippen LogP contribution in [0.25, 0.3) is 0 Å². The Balaban J connectivity index is 2.01. The van der Waals surface area contributed by atoms with Gasteiger partial charge in [-0.05, 0) is 56.5 Å². The molecule has 0 radical (unpaired) electrons. The zero-order chi connectivity index (χ0) is 11.8. The maximum Gasteiger partial charge on any atom is 0.0334 e. The van der Waals surface area contributed by atoms with E-state index in [1.807, 2.05) is 0 Å². The molecule has 0 aromatic rings. The van der Waals surface area contributed by atoms with E-state index in [-0.39, 0.29) is 0 Å². The highest BCUT2D eigenvalue weighted by Gasteiger charge is 2.43. The molecule has 1 saturated heterocycles. The molecule has 0 spiro atoms. The normalized spacial score (nSPS) is 40.1. The van der Waals surface area contributed by atoms with Crippen molar-refractivity contribution in [1.82, 2.24) is 4.90 Å². The van der Waals surface area contributed by atoms with Crippen LogP contribution in [0.15, 0.2) is 0 Å². The van der Waals surface area contributed by atoms with Crippen LogP contribution in [0, 0.1) is 11.3 Å². The number of nitrogens with two attached hydrogens (primary N) is 1. The topological polar surface area (TPSA) is 29.3 Å². The second-order valence-electron chi connectivity index (χ2n) is 6.93. The third-order valence-corrected chi connectivity index (χ3v) is 5.00. The third-order valence-electron chi connectivity index (χ3n) is 5.00. The Labute approximate surface area is 101 Å². The first kappa shape index (κ1) is 12.4. The maximum absolute atomic E-state index is 6.09. The van der Waals surface area contributed by atoms with Crippen LogP contribution in [-0.2, 0) is 0 Å². The van der Waals surface area contributed by atoms with Crippen LogP contribution in [0.3, 0.4) is 0 Å². The van der Waals surface area contributed by atoms with Gasteiger partial charge in [0.25, 0.3) is 0 Å². The first-order valence-corrected chi connectivity index (χ1v) is 6.93. The van der Waals surface area contributed by atoms with E-state index in [4.69, 9.17) is 5.73 Å². The Morgan fingerprint density at radius 1 is 1.19 bits per heavy atom. The Hall–Kier alpha value is -0.0800. The molecule has 1 saturated carbocycles. The quantitative estimate of drug-likeness (QED) is 0.781. The second kappa shape index (κ2) is 4.30. The fraction of sp³-hybridized carbons (Fsp3) is 1.00. The van der Waals surface area contributed by atoms with Crippen LogP contribution < -0.4 is 5.73 Å². The number of rotatable bonds is 2. The number of piperidine rings is 1. The van der Waals surface area contributed by atoms with Crippen molar-refractivity contribution in [2.45, 2.75) is 58.4 Å². The summed E-state index contributed by atoms with van der Waals surface area (Å²) >= 11 is 0. The Morgan fingerprint density at radius 2 is 1.81 bits per heavy atom. The van der Waals surface area contributed by atoms with Gasteiger partial charge in [0, 0.05) is 12.1 Å². The van der Waals surface area contributed by atoms with E-state index < -0.39 is 0 Å². The predicted molar refractivity (Wildman–Crippen MR) is 69.4 cm³/mol. The molecule has 2 N–H and O–H groups in total. The minimum Gasteiger partial charge on any atom is -0.329 e. The fourth-order valence-electron chi connectivity index (χ4n) is 3.56. The Morgan fingerprint density at radius 3 is 2.25 bits per heavy atom. The first-order valence-electron chi connectivity index (χ1n) is 6.93. The minimum absolute atomic E-state index is 0.357. The summed E-state index contributed by atoms with van der Waals surface area (Å²) in [5, 5.41) is 0. The molecule has 2 nitrogen and oxygen atoms in total. The van der Waals surface area contributed by atoms with Gasteiger partial charge >= 0.3 is 0 Å². The zero-order valence-electron chi connectivity index (χ0n) is 11.3. The van der Waals surface area contributed by atoms with Gasteiger partial charge in [-0.3, -0.25) is 4.90 Å². The van der Waals surface area contributed by atoms with Crippen LogP contribution in [0.2, 0.25) is 0 Å². The van der Waals surface area contributed by atoms with Crippen molar-refractivity contribution >= 4 is 0 Å². The van der Waals surface area contributed by atoms with Crippen molar-refractivity contribution in [2.75, 3.05) is 19.6 Å². The molecule has 2 rings (SSSR count). The highest BCUT2D eigenvalue weighted by Crippen LogP contribution is 2.41. The van der Waals surface area contributed by atoms with E-state index in [2.05, 4.69) is 25.7 Å². The minimum atomic E-state index is 0.357. The van der Waals surface area contributed by atoms with Crippen LogP contribution in [0.1, 0.15) is 52.9 Å². The number of hydrogen-bond donors (Lipinski definition) is 1. The van der Waals surface area contributed by atoms with Crippen LogP contribution in [0.4, 0.5) is 0 Å². The highest BCUT2D eigenvalue weighted by molar-refractivity contribution is 5.00. The second-order valence-corrected chi connectivity index (χ2v) is 6.93. The number of hydrogen-bond acceptors (Lipinski definition) is 2. The highest BCUT2D eigenvalue weighted by atomic mass is 15.2. The lowest BCUT2D eigenvalue weighted by Crippen LogP contribution is -2.55. The van der Waals surface area contributed by atoms with Gasteiger partial charge in [-0.2, -0.15) is 0 Å². The fourth-order valence-corrected chi connectivity index (χ4v) is 3.56. The molecule has 0 aromatic carbocycles. The zero-order valence-corrected chi connectivity index (χ0v) is 11.3. The molecule has 1 heterocycles. The van der Waals surface area contributed by atoms with Crippen molar-refractivity contribution < 1.29 is 0 Å². The van der Waals surface area contributed by atoms with Gasteiger partial charge in [-0.15, -0.1) is 0 Å². The summed E-state index contributed by atoms with van der Waals surface area (Å²) in [6.07, 6.45) is 6.69. The molecule has 1 aliphatic carbocycles. The average molecular weight is 224 g/mol. The molecule has 2 fully saturated rings. The molecule has 0 amide bonds. The summed E-state index contributed by atoms with van der Waals surface area (Å²) in [6, 6.07) is 0. The molecule has 0 bridgehead atoms. The number of nitrogens with zero attached hydrogens (tertiary/aromatic N) is 1. The summed E-state index contributed by atoms with van der Waals surface area (Å²) in [4.78, 5) is 2.71. The third kappa shape index (κ3) is 2.28. The molecule has 94 valence electrons.